The van der Waals surface area contributed by atoms with Crippen molar-refractivity contribution in [3.8, 4) is 27.7 Å². The van der Waals surface area contributed by atoms with E-state index in [1.54, 1.807) is 18.2 Å². The molecular formula is C14H9BrN2O2S. The van der Waals surface area contributed by atoms with Crippen molar-refractivity contribution >= 4 is 27.3 Å². The van der Waals surface area contributed by atoms with Crippen LogP contribution in [0.1, 0.15) is 0 Å². The Kier molecular flexibility index (Phi) is 3.42. The molecule has 1 aromatic carbocycles. The molecule has 0 unspecified atom stereocenters. The van der Waals surface area contributed by atoms with Crippen LogP contribution in [-0.4, -0.2) is 15.1 Å². The number of benzene rings is 1. The molecule has 2 aromatic heterocycles. The molecule has 0 atom stereocenters. The number of halogens is 1. The van der Waals surface area contributed by atoms with E-state index >= 15 is 0 Å². The summed E-state index contributed by atoms with van der Waals surface area (Å²) in [5.41, 5.74) is 0.405. The summed E-state index contributed by atoms with van der Waals surface area (Å²) < 4.78 is 0.728. The third-order valence-electron chi connectivity index (χ3n) is 2.80. The van der Waals surface area contributed by atoms with Crippen molar-refractivity contribution in [3.05, 3.63) is 56.6 Å². The van der Waals surface area contributed by atoms with E-state index in [2.05, 4.69) is 25.9 Å². The van der Waals surface area contributed by atoms with Crippen molar-refractivity contribution in [1.82, 2.24) is 9.97 Å². The van der Waals surface area contributed by atoms with Crippen molar-refractivity contribution in [1.29, 1.82) is 0 Å². The molecule has 0 saturated heterocycles. The maximum absolute atomic E-state index is 12.2. The van der Waals surface area contributed by atoms with Crippen LogP contribution in [0.3, 0.4) is 0 Å². The number of hydrogen-bond donors (Lipinski definition) is 2. The highest BCUT2D eigenvalue weighted by Gasteiger charge is 2.16. The molecule has 3 rings (SSSR count). The second kappa shape index (κ2) is 5.22. The molecule has 0 amide bonds. The van der Waals surface area contributed by atoms with Gasteiger partial charge in [-0.15, -0.1) is 11.3 Å². The highest BCUT2D eigenvalue weighted by Crippen LogP contribution is 2.31. The molecule has 2 N–H and O–H groups in total. The second-order valence-corrected chi connectivity index (χ2v) is 5.87. The van der Waals surface area contributed by atoms with E-state index in [-0.39, 0.29) is 17.0 Å². The van der Waals surface area contributed by atoms with Gasteiger partial charge in [-0.05, 0) is 17.5 Å². The van der Waals surface area contributed by atoms with E-state index in [4.69, 9.17) is 0 Å². The lowest BCUT2D eigenvalue weighted by Gasteiger charge is -2.06. The number of aromatic nitrogens is 2. The zero-order valence-electron chi connectivity index (χ0n) is 10.1. The zero-order valence-corrected chi connectivity index (χ0v) is 12.5. The first-order chi connectivity index (χ1) is 9.66. The molecule has 0 aliphatic rings. The lowest BCUT2D eigenvalue weighted by molar-refractivity contribution is 0.454. The van der Waals surface area contributed by atoms with Gasteiger partial charge in [0.15, 0.2) is 5.82 Å². The summed E-state index contributed by atoms with van der Waals surface area (Å²) in [5, 5.41) is 12.0. The molecule has 3 aromatic rings. The summed E-state index contributed by atoms with van der Waals surface area (Å²) in [6.07, 6.45) is 0. The number of aromatic amines is 1. The van der Waals surface area contributed by atoms with Crippen LogP contribution in [0.4, 0.5) is 0 Å². The molecular weight excluding hydrogens is 340 g/mol. The van der Waals surface area contributed by atoms with E-state index in [0.717, 1.165) is 9.35 Å². The van der Waals surface area contributed by atoms with Crippen molar-refractivity contribution in [2.45, 2.75) is 0 Å². The molecule has 0 bridgehead atoms. The molecule has 0 saturated carbocycles. The second-order valence-electron chi connectivity index (χ2n) is 4.07. The minimum atomic E-state index is -0.368. The Labute approximate surface area is 126 Å². The fourth-order valence-electron chi connectivity index (χ4n) is 1.90. The van der Waals surface area contributed by atoms with Crippen LogP contribution in [0.25, 0.3) is 21.8 Å². The van der Waals surface area contributed by atoms with Crippen LogP contribution < -0.4 is 5.56 Å². The molecule has 0 aliphatic carbocycles. The number of H-pyrrole nitrogens is 1. The maximum Gasteiger partial charge on any atom is 0.263 e. The van der Waals surface area contributed by atoms with Crippen molar-refractivity contribution in [2.24, 2.45) is 0 Å². The summed E-state index contributed by atoms with van der Waals surface area (Å²) >= 11 is 4.81. The van der Waals surface area contributed by atoms with E-state index in [9.17, 15) is 9.90 Å². The molecule has 0 radical (unpaired) electrons. The Hall–Kier alpha value is -1.92. The van der Waals surface area contributed by atoms with E-state index in [1.807, 2.05) is 23.6 Å². The van der Waals surface area contributed by atoms with E-state index in [0.29, 0.717) is 11.4 Å². The monoisotopic (exact) mass is 348 g/mol. The Balaban J connectivity index is 2.20. The topological polar surface area (TPSA) is 66.0 Å². The van der Waals surface area contributed by atoms with Gasteiger partial charge in [0.25, 0.3) is 5.56 Å². The molecule has 100 valence electrons. The van der Waals surface area contributed by atoms with Gasteiger partial charge < -0.3 is 10.1 Å². The van der Waals surface area contributed by atoms with Crippen LogP contribution in [0.5, 0.6) is 5.88 Å². The van der Waals surface area contributed by atoms with Gasteiger partial charge in [0, 0.05) is 10.0 Å². The van der Waals surface area contributed by atoms with Gasteiger partial charge >= 0.3 is 0 Å². The fraction of sp³-hybridized carbons (Fsp3) is 0. The first-order valence-electron chi connectivity index (χ1n) is 5.79. The summed E-state index contributed by atoms with van der Waals surface area (Å²) in [7, 11) is 0. The predicted molar refractivity (Wildman–Crippen MR) is 83.0 cm³/mol. The Morgan fingerprint density at radius 2 is 2.00 bits per heavy atom. The van der Waals surface area contributed by atoms with Crippen LogP contribution in [0.2, 0.25) is 0 Å². The van der Waals surface area contributed by atoms with Gasteiger partial charge in [-0.2, -0.15) is 4.98 Å². The smallest absolute Gasteiger partial charge is 0.263 e. The number of nitrogens with zero attached hydrogens (tertiary/aromatic N) is 1. The van der Waals surface area contributed by atoms with Crippen LogP contribution in [0, 0.1) is 0 Å². The Bertz CT molecular complexity index is 812. The normalized spacial score (nSPS) is 10.7. The first-order valence-corrected chi connectivity index (χ1v) is 7.46. The lowest BCUT2D eigenvalue weighted by Crippen LogP contribution is -2.12. The third-order valence-corrected chi connectivity index (χ3v) is 4.37. The number of nitrogens with one attached hydrogen (secondary N) is 1. The van der Waals surface area contributed by atoms with Gasteiger partial charge in [0.05, 0.1) is 4.88 Å². The number of thiophene rings is 1. The third kappa shape index (κ3) is 2.28. The molecule has 0 spiro atoms. The van der Waals surface area contributed by atoms with Gasteiger partial charge in [-0.3, -0.25) is 4.79 Å². The lowest BCUT2D eigenvalue weighted by atomic mass is 10.1. The molecule has 20 heavy (non-hydrogen) atoms. The van der Waals surface area contributed by atoms with Crippen LogP contribution >= 0.6 is 27.3 Å². The van der Waals surface area contributed by atoms with Crippen molar-refractivity contribution in [3.63, 3.8) is 0 Å². The molecule has 6 heteroatoms. The average molecular weight is 349 g/mol. The first kappa shape index (κ1) is 13.1. The minimum Gasteiger partial charge on any atom is -0.493 e. The van der Waals surface area contributed by atoms with Crippen molar-refractivity contribution in [2.75, 3.05) is 0 Å². The molecule has 4 nitrogen and oxygen atoms in total. The molecule has 0 aliphatic heterocycles. The molecule has 0 fully saturated rings. The maximum atomic E-state index is 12.2. The summed E-state index contributed by atoms with van der Waals surface area (Å²) in [6, 6.07) is 10.9. The SMILES string of the molecule is O=c1[nH]c(-c2cccs2)nc(O)c1-c1ccccc1Br. The van der Waals surface area contributed by atoms with Gasteiger partial charge in [0.2, 0.25) is 5.88 Å². The minimum absolute atomic E-state index is 0.165. The predicted octanol–water partition coefficient (Wildman–Crippen LogP) is 3.63. The van der Waals surface area contributed by atoms with E-state index < -0.39 is 0 Å². The highest BCUT2D eigenvalue weighted by atomic mass is 79.9. The number of hydrogen-bond acceptors (Lipinski definition) is 4. The largest absolute Gasteiger partial charge is 0.493 e. The Morgan fingerprint density at radius 3 is 2.65 bits per heavy atom. The number of aromatic hydroxyl groups is 1. The summed E-state index contributed by atoms with van der Waals surface area (Å²) in [4.78, 5) is 19.8. The van der Waals surface area contributed by atoms with Gasteiger partial charge in [-0.25, -0.2) is 0 Å². The standard InChI is InChI=1S/C14H9BrN2O2S/c15-9-5-2-1-4-8(9)11-13(18)16-12(17-14(11)19)10-6-3-7-20-10/h1-7H,(H2,16,17,18,19). The Morgan fingerprint density at radius 1 is 1.20 bits per heavy atom. The quantitative estimate of drug-likeness (QED) is 0.742. The van der Waals surface area contributed by atoms with Gasteiger partial charge in [-0.1, -0.05) is 40.2 Å². The summed E-state index contributed by atoms with van der Waals surface area (Å²) in [5.74, 6) is 0.0994. The zero-order chi connectivity index (χ0) is 14.1. The number of rotatable bonds is 2. The molecule has 2 heterocycles. The van der Waals surface area contributed by atoms with E-state index in [1.165, 1.54) is 11.3 Å². The summed E-state index contributed by atoms with van der Waals surface area (Å²) in [6.45, 7) is 0. The highest BCUT2D eigenvalue weighted by molar-refractivity contribution is 9.10. The fourth-order valence-corrected chi connectivity index (χ4v) is 3.05. The van der Waals surface area contributed by atoms with Crippen molar-refractivity contribution < 1.29 is 5.11 Å². The van der Waals surface area contributed by atoms with Gasteiger partial charge in [0.1, 0.15) is 5.56 Å². The van der Waals surface area contributed by atoms with Crippen LogP contribution in [0.15, 0.2) is 51.0 Å². The van der Waals surface area contributed by atoms with Crippen LogP contribution in [-0.2, 0) is 0 Å². The average Bonchev–Trinajstić information content (AvgIpc) is 2.94.